The smallest absolute Gasteiger partial charge is 0.208 e. The molecule has 0 aromatic heterocycles. The predicted molar refractivity (Wildman–Crippen MR) is 47.0 cm³/mol. The number of hydrogen-bond donors (Lipinski definition) is 1. The fourth-order valence-electron chi connectivity index (χ4n) is 2.21. The van der Waals surface area contributed by atoms with Crippen LogP contribution in [-0.4, -0.2) is 27.0 Å². The molecule has 1 rings (SSSR count). The highest BCUT2D eigenvalue weighted by Crippen LogP contribution is 2.33. The number of hydrogen-bond acceptors (Lipinski definition) is 2. The minimum absolute atomic E-state index is 0. The molecule has 0 spiro atoms. The predicted octanol–water partition coefficient (Wildman–Crippen LogP) is -1.52. The molecule has 13 heavy (non-hydrogen) atoms. The van der Waals surface area contributed by atoms with Gasteiger partial charge in [0, 0.05) is 50.2 Å². The van der Waals surface area contributed by atoms with E-state index in [4.69, 9.17) is 0 Å². The van der Waals surface area contributed by atoms with Gasteiger partial charge in [0.25, 0.3) is 0 Å². The van der Waals surface area contributed by atoms with E-state index < -0.39 is 11.1 Å². The molecule has 1 fully saturated rings. The summed E-state index contributed by atoms with van der Waals surface area (Å²) in [5, 5.41) is 9.53. The Labute approximate surface area is 85.5 Å². The fraction of sp³-hybridized carbons (Fsp3) is 1.00. The molecule has 0 amide bonds. The lowest BCUT2D eigenvalue weighted by Crippen LogP contribution is -3.00. The highest BCUT2D eigenvalue weighted by atomic mass is 35.5. The molecule has 0 radical (unpaired) electrons. The minimum Gasteiger partial charge on any atom is -1.00 e. The first kappa shape index (κ1) is 12.8. The molecule has 3 nitrogen and oxygen atoms in total. The summed E-state index contributed by atoms with van der Waals surface area (Å²) in [7, 11) is 0. The van der Waals surface area contributed by atoms with Crippen LogP contribution < -0.4 is 12.4 Å². The van der Waals surface area contributed by atoms with Crippen molar-refractivity contribution < 1.29 is 22.3 Å². The van der Waals surface area contributed by atoms with Gasteiger partial charge in [0.1, 0.15) is 0 Å². The first-order valence-electron chi connectivity index (χ1n) is 4.41. The second-order valence-corrected chi connectivity index (χ2v) is 4.98. The van der Waals surface area contributed by atoms with Crippen molar-refractivity contribution in [3.8, 4) is 0 Å². The largest absolute Gasteiger partial charge is 1.00 e. The quantitative estimate of drug-likeness (QED) is 0.491. The van der Waals surface area contributed by atoms with E-state index >= 15 is 0 Å². The van der Waals surface area contributed by atoms with Gasteiger partial charge in [-0.15, -0.1) is 0 Å². The van der Waals surface area contributed by atoms with E-state index in [1.165, 1.54) is 0 Å². The second kappa shape index (κ2) is 3.54. The van der Waals surface area contributed by atoms with E-state index in [0.717, 1.165) is 4.76 Å². The molecular weight excluding hydrogens is 190 g/mol. The number of aliphatic hydroxyl groups excluding tert-OH is 1. The van der Waals surface area contributed by atoms with Crippen molar-refractivity contribution >= 4 is 0 Å². The Morgan fingerprint density at radius 2 is 1.46 bits per heavy atom. The summed E-state index contributed by atoms with van der Waals surface area (Å²) in [6.07, 6.45) is 0.806. The van der Waals surface area contributed by atoms with Crippen molar-refractivity contribution in [1.29, 1.82) is 0 Å². The van der Waals surface area contributed by atoms with Gasteiger partial charge in [0.15, 0.2) is 0 Å². The number of nitrogens with zero attached hydrogens (tertiary/aromatic N) is 1. The van der Waals surface area contributed by atoms with Gasteiger partial charge < -0.3 is 17.5 Å². The third-order valence-corrected chi connectivity index (χ3v) is 2.57. The highest BCUT2D eigenvalue weighted by Gasteiger charge is 2.53. The summed E-state index contributed by atoms with van der Waals surface area (Å²) >= 11 is 0. The summed E-state index contributed by atoms with van der Waals surface area (Å²) < 4.78 is 1.12. The monoisotopic (exact) mass is 207 g/mol. The Morgan fingerprint density at radius 3 is 1.77 bits per heavy atom. The van der Waals surface area contributed by atoms with Crippen LogP contribution in [-0.2, 0) is 0 Å². The van der Waals surface area contributed by atoms with Gasteiger partial charge in [-0.05, 0) is 0 Å². The standard InChI is InChI=1S/C9H18NO2.ClH/c1-8(2)5-7(11)6-9(3,4)10(8)12;/h7,11H,5-6H2,1-4H3;1H/q+1;/p-1. The lowest BCUT2D eigenvalue weighted by Gasteiger charge is -2.34. The van der Waals surface area contributed by atoms with Crippen molar-refractivity contribution in [2.45, 2.75) is 57.7 Å². The topological polar surface area (TPSA) is 40.3 Å². The van der Waals surface area contributed by atoms with Crippen LogP contribution in [0.5, 0.6) is 0 Å². The molecule has 4 heteroatoms. The van der Waals surface area contributed by atoms with Gasteiger partial charge in [0.05, 0.1) is 6.10 Å². The summed E-state index contributed by atoms with van der Waals surface area (Å²) in [6.45, 7) is 7.52. The number of rotatable bonds is 0. The normalized spacial score (nSPS) is 26.7. The van der Waals surface area contributed by atoms with Gasteiger partial charge in [-0.2, -0.15) is 0 Å². The number of halogens is 1. The Balaban J connectivity index is 0.00000144. The third-order valence-electron chi connectivity index (χ3n) is 2.57. The first-order chi connectivity index (χ1) is 5.26. The van der Waals surface area contributed by atoms with Crippen LogP contribution in [0.2, 0.25) is 0 Å². The van der Waals surface area contributed by atoms with Crippen LogP contribution in [0.1, 0.15) is 40.5 Å². The van der Waals surface area contributed by atoms with Crippen molar-refractivity contribution in [3.63, 3.8) is 0 Å². The molecule has 0 saturated carbocycles. The van der Waals surface area contributed by atoms with Crippen LogP contribution in [0.25, 0.3) is 0 Å². The summed E-state index contributed by atoms with van der Waals surface area (Å²) in [4.78, 5) is 11.7. The van der Waals surface area contributed by atoms with Crippen molar-refractivity contribution in [2.75, 3.05) is 0 Å². The molecule has 0 atom stereocenters. The Kier molecular flexibility index (Phi) is 3.50. The lowest BCUT2D eigenvalue weighted by molar-refractivity contribution is -0.695. The van der Waals surface area contributed by atoms with Crippen LogP contribution in [0.15, 0.2) is 0 Å². The summed E-state index contributed by atoms with van der Waals surface area (Å²) in [5.41, 5.74) is -0.859. The number of nitroso groups, excluding NO2 is 1. The minimum atomic E-state index is -0.429. The van der Waals surface area contributed by atoms with Crippen LogP contribution in [0.3, 0.4) is 0 Å². The molecule has 1 saturated heterocycles. The molecule has 0 aliphatic carbocycles. The van der Waals surface area contributed by atoms with E-state index in [0.29, 0.717) is 12.8 Å². The van der Waals surface area contributed by atoms with Gasteiger partial charge in [-0.1, -0.05) is 0 Å². The maximum Gasteiger partial charge on any atom is 0.208 e. The van der Waals surface area contributed by atoms with E-state index in [2.05, 4.69) is 0 Å². The average Bonchev–Trinajstić information content (AvgIpc) is 1.80. The molecule has 0 unspecified atom stereocenters. The second-order valence-electron chi connectivity index (χ2n) is 4.98. The van der Waals surface area contributed by atoms with Gasteiger partial charge in [0.2, 0.25) is 11.1 Å². The molecule has 0 aromatic carbocycles. The molecular formula is C9H18ClNO2. The zero-order chi connectivity index (χ0) is 9.57. The molecule has 1 N–H and O–H groups in total. The first-order valence-corrected chi connectivity index (χ1v) is 4.41. The number of aliphatic hydroxyl groups is 1. The van der Waals surface area contributed by atoms with Gasteiger partial charge in [-0.3, -0.25) is 0 Å². The Hall–Kier alpha value is -0.150. The molecule has 0 bridgehead atoms. The van der Waals surface area contributed by atoms with Crippen molar-refractivity contribution in [1.82, 2.24) is 0 Å². The molecule has 1 heterocycles. The van der Waals surface area contributed by atoms with E-state index in [-0.39, 0.29) is 18.5 Å². The number of piperidine rings is 1. The van der Waals surface area contributed by atoms with Crippen LogP contribution in [0.4, 0.5) is 0 Å². The van der Waals surface area contributed by atoms with E-state index in [1.807, 2.05) is 27.7 Å². The summed E-state index contributed by atoms with van der Waals surface area (Å²) in [5.74, 6) is 0. The molecule has 78 valence electrons. The molecule has 1 aliphatic rings. The average molecular weight is 208 g/mol. The van der Waals surface area contributed by atoms with E-state index in [9.17, 15) is 10.0 Å². The van der Waals surface area contributed by atoms with Gasteiger partial charge >= 0.3 is 0 Å². The molecule has 1 aliphatic heterocycles. The Bertz CT molecular complexity index is 194. The fourth-order valence-corrected chi connectivity index (χ4v) is 2.21. The Morgan fingerprint density at radius 1 is 1.15 bits per heavy atom. The van der Waals surface area contributed by atoms with Crippen LogP contribution in [0, 0.1) is 4.91 Å². The SMILES string of the molecule is CC1(C)CC(O)CC(C)(C)[N+]1=O.[Cl-]. The van der Waals surface area contributed by atoms with E-state index in [1.54, 1.807) is 0 Å². The zero-order valence-electron chi connectivity index (χ0n) is 8.67. The molecule has 0 aromatic rings. The van der Waals surface area contributed by atoms with Crippen LogP contribution >= 0.6 is 0 Å². The lowest BCUT2D eigenvalue weighted by atomic mass is 9.81. The maximum atomic E-state index is 11.7. The zero-order valence-corrected chi connectivity index (χ0v) is 9.43. The van der Waals surface area contributed by atoms with Gasteiger partial charge in [-0.25, -0.2) is 0 Å². The van der Waals surface area contributed by atoms with Crippen molar-refractivity contribution in [3.05, 3.63) is 4.91 Å². The third kappa shape index (κ3) is 2.41. The summed E-state index contributed by atoms with van der Waals surface area (Å²) in [6, 6.07) is 0. The highest BCUT2D eigenvalue weighted by molar-refractivity contribution is 4.85. The van der Waals surface area contributed by atoms with Crippen molar-refractivity contribution in [2.24, 2.45) is 0 Å². The maximum absolute atomic E-state index is 11.7.